The second-order valence-electron chi connectivity index (χ2n) is 7.63. The van der Waals surface area contributed by atoms with Crippen molar-refractivity contribution in [3.8, 4) is 23.1 Å². The van der Waals surface area contributed by atoms with E-state index < -0.39 is 23.3 Å². The minimum absolute atomic E-state index is 0.106. The summed E-state index contributed by atoms with van der Waals surface area (Å²) in [4.78, 5) is 16.6. The molecule has 11 heteroatoms. The number of ether oxygens (including phenoxy) is 1. The second-order valence-corrected chi connectivity index (χ2v) is 7.63. The summed E-state index contributed by atoms with van der Waals surface area (Å²) in [5.41, 5.74) is 0.311. The van der Waals surface area contributed by atoms with Crippen molar-refractivity contribution in [1.29, 1.82) is 0 Å². The number of halogens is 2. The molecule has 168 valence electrons. The minimum atomic E-state index is -1.17. The van der Waals surface area contributed by atoms with Crippen LogP contribution in [0.4, 0.5) is 8.78 Å². The molecule has 2 aromatic heterocycles. The zero-order chi connectivity index (χ0) is 22.7. The van der Waals surface area contributed by atoms with Gasteiger partial charge in [-0.15, -0.1) is 10.2 Å². The first-order valence-electron chi connectivity index (χ1n) is 10.1. The number of nitrogens with one attached hydrogen (secondary N) is 1. The third-order valence-electron chi connectivity index (χ3n) is 5.55. The fourth-order valence-electron chi connectivity index (χ4n) is 3.70. The van der Waals surface area contributed by atoms with Crippen LogP contribution in [0.5, 0.6) is 11.6 Å². The molecular weight excluding hydrogens is 424 g/mol. The molecule has 1 fully saturated rings. The van der Waals surface area contributed by atoms with Crippen LogP contribution in [0.1, 0.15) is 47.8 Å². The van der Waals surface area contributed by atoms with Crippen molar-refractivity contribution in [1.82, 2.24) is 25.7 Å². The molecule has 0 radical (unpaired) electrons. The molecule has 3 aromatic rings. The normalized spacial score (nSPS) is 18.3. The summed E-state index contributed by atoms with van der Waals surface area (Å²) in [5.74, 6) is -2.41. The third kappa shape index (κ3) is 4.66. The van der Waals surface area contributed by atoms with E-state index in [2.05, 4.69) is 25.7 Å². The molecule has 1 aliphatic rings. The summed E-state index contributed by atoms with van der Waals surface area (Å²) in [5, 5.41) is 23.7. The average Bonchev–Trinajstić information content (AvgIpc) is 3.31. The van der Waals surface area contributed by atoms with Gasteiger partial charge in [-0.25, -0.2) is 8.78 Å². The number of phenolic OH excluding ortho intramolecular Hbond substituents is 1. The number of carbonyl (C=O) groups is 1. The van der Waals surface area contributed by atoms with Gasteiger partial charge in [-0.05, 0) is 49.8 Å². The molecule has 0 unspecified atom stereocenters. The maximum absolute atomic E-state index is 13.4. The summed E-state index contributed by atoms with van der Waals surface area (Å²) in [6.07, 6.45) is 3.25. The highest BCUT2D eigenvalue weighted by Gasteiger charge is 2.27. The predicted molar refractivity (Wildman–Crippen MR) is 107 cm³/mol. The monoisotopic (exact) mass is 445 g/mol. The standard InChI is InChI=1S/C21H21F2N5O4/c1-31-17-7-6-16(26-27-17)19-25-21(32-28-19)12-4-2-11(3-5-12)10-24-20(30)13-8-14(22)18(29)15(23)9-13/h6-9,11-12,29H,2-5,10H2,1H3,(H,24,30). The third-order valence-corrected chi connectivity index (χ3v) is 5.55. The number of aromatic hydroxyl groups is 1. The molecule has 0 spiro atoms. The van der Waals surface area contributed by atoms with E-state index in [9.17, 15) is 13.6 Å². The van der Waals surface area contributed by atoms with E-state index in [1.165, 1.54) is 7.11 Å². The molecule has 9 nitrogen and oxygen atoms in total. The predicted octanol–water partition coefficient (Wildman–Crippen LogP) is 3.22. The lowest BCUT2D eigenvalue weighted by Crippen LogP contribution is -2.31. The molecule has 1 saturated carbocycles. The van der Waals surface area contributed by atoms with Gasteiger partial charge in [0.05, 0.1) is 7.11 Å². The lowest BCUT2D eigenvalue weighted by atomic mass is 9.82. The van der Waals surface area contributed by atoms with Crippen LogP contribution in [0.3, 0.4) is 0 Å². The molecule has 2 N–H and O–H groups in total. The molecule has 0 saturated heterocycles. The van der Waals surface area contributed by atoms with Crippen LogP contribution in [-0.4, -0.2) is 45.0 Å². The molecule has 0 bridgehead atoms. The highest BCUT2D eigenvalue weighted by atomic mass is 19.1. The van der Waals surface area contributed by atoms with E-state index in [-0.39, 0.29) is 17.4 Å². The Morgan fingerprint density at radius 2 is 1.91 bits per heavy atom. The van der Waals surface area contributed by atoms with Crippen LogP contribution < -0.4 is 10.1 Å². The van der Waals surface area contributed by atoms with Crippen LogP contribution in [0.15, 0.2) is 28.8 Å². The van der Waals surface area contributed by atoms with Gasteiger partial charge >= 0.3 is 0 Å². The Morgan fingerprint density at radius 1 is 1.19 bits per heavy atom. The number of amides is 1. The largest absolute Gasteiger partial charge is 0.503 e. The van der Waals surface area contributed by atoms with Crippen LogP contribution in [0, 0.1) is 17.6 Å². The van der Waals surface area contributed by atoms with E-state index in [4.69, 9.17) is 14.4 Å². The van der Waals surface area contributed by atoms with Crippen LogP contribution in [0.25, 0.3) is 11.5 Å². The number of benzene rings is 1. The summed E-state index contributed by atoms with van der Waals surface area (Å²) < 4.78 is 37.3. The van der Waals surface area contributed by atoms with E-state index in [1.54, 1.807) is 12.1 Å². The van der Waals surface area contributed by atoms with Gasteiger partial charge in [0.2, 0.25) is 17.6 Å². The van der Waals surface area contributed by atoms with E-state index >= 15 is 0 Å². The lowest BCUT2D eigenvalue weighted by molar-refractivity contribution is 0.0941. The maximum Gasteiger partial charge on any atom is 0.251 e. The van der Waals surface area contributed by atoms with Crippen molar-refractivity contribution >= 4 is 5.91 Å². The van der Waals surface area contributed by atoms with Gasteiger partial charge in [0.1, 0.15) is 5.69 Å². The molecule has 0 aliphatic heterocycles. The summed E-state index contributed by atoms with van der Waals surface area (Å²) in [7, 11) is 1.50. The summed E-state index contributed by atoms with van der Waals surface area (Å²) in [6, 6.07) is 4.99. The highest BCUT2D eigenvalue weighted by Crippen LogP contribution is 2.35. The van der Waals surface area contributed by atoms with Gasteiger partial charge < -0.3 is 19.7 Å². The SMILES string of the molecule is COc1ccc(-c2noc(C3CCC(CNC(=O)c4cc(F)c(O)c(F)c4)CC3)n2)nn1. The van der Waals surface area contributed by atoms with Gasteiger partial charge in [-0.3, -0.25) is 4.79 Å². The lowest BCUT2D eigenvalue weighted by Gasteiger charge is -2.26. The number of nitrogens with zero attached hydrogens (tertiary/aromatic N) is 4. The van der Waals surface area contributed by atoms with E-state index in [0.29, 0.717) is 29.8 Å². The van der Waals surface area contributed by atoms with Crippen LogP contribution >= 0.6 is 0 Å². The molecule has 1 aliphatic carbocycles. The first-order chi connectivity index (χ1) is 15.4. The Balaban J connectivity index is 1.29. The van der Waals surface area contributed by atoms with Gasteiger partial charge in [0, 0.05) is 24.1 Å². The Labute approximate surface area is 181 Å². The Bertz CT molecular complexity index is 1070. The maximum atomic E-state index is 13.4. The Kier molecular flexibility index (Phi) is 6.24. The van der Waals surface area contributed by atoms with Crippen molar-refractivity contribution in [3.05, 3.63) is 47.4 Å². The van der Waals surface area contributed by atoms with Crippen LogP contribution in [-0.2, 0) is 0 Å². The summed E-state index contributed by atoms with van der Waals surface area (Å²) in [6.45, 7) is 0.381. The van der Waals surface area contributed by atoms with Crippen molar-refractivity contribution in [2.45, 2.75) is 31.6 Å². The Hall–Kier alpha value is -3.63. The van der Waals surface area contributed by atoms with Gasteiger partial charge in [0.15, 0.2) is 17.4 Å². The zero-order valence-corrected chi connectivity index (χ0v) is 17.2. The number of hydrogen-bond acceptors (Lipinski definition) is 8. The zero-order valence-electron chi connectivity index (χ0n) is 17.2. The molecule has 2 heterocycles. The second kappa shape index (κ2) is 9.25. The van der Waals surface area contributed by atoms with E-state index in [1.807, 2.05) is 0 Å². The minimum Gasteiger partial charge on any atom is -0.503 e. The molecule has 4 rings (SSSR count). The number of hydrogen-bond donors (Lipinski definition) is 2. The van der Waals surface area contributed by atoms with Gasteiger partial charge in [-0.1, -0.05) is 5.16 Å². The molecular formula is C21H21F2N5O4. The van der Waals surface area contributed by atoms with Crippen molar-refractivity contribution in [3.63, 3.8) is 0 Å². The smallest absolute Gasteiger partial charge is 0.251 e. The molecule has 1 aromatic carbocycles. The first-order valence-corrected chi connectivity index (χ1v) is 10.1. The topological polar surface area (TPSA) is 123 Å². The Morgan fingerprint density at radius 3 is 2.53 bits per heavy atom. The molecule has 0 atom stereocenters. The number of aromatic nitrogens is 4. The molecule has 1 amide bonds. The fraction of sp³-hybridized carbons (Fsp3) is 0.381. The van der Waals surface area contributed by atoms with Gasteiger partial charge in [0.25, 0.3) is 5.91 Å². The van der Waals surface area contributed by atoms with Gasteiger partial charge in [-0.2, -0.15) is 4.98 Å². The summed E-state index contributed by atoms with van der Waals surface area (Å²) >= 11 is 0. The number of methoxy groups -OCH3 is 1. The average molecular weight is 445 g/mol. The van der Waals surface area contributed by atoms with Crippen LogP contribution in [0.2, 0.25) is 0 Å². The number of rotatable bonds is 6. The fourth-order valence-corrected chi connectivity index (χ4v) is 3.70. The van der Waals surface area contributed by atoms with Crippen molar-refractivity contribution < 1.29 is 27.9 Å². The van der Waals surface area contributed by atoms with Crippen molar-refractivity contribution in [2.75, 3.05) is 13.7 Å². The number of phenols is 1. The first kappa shape index (κ1) is 21.6. The number of carbonyl (C=O) groups excluding carboxylic acids is 1. The highest BCUT2D eigenvalue weighted by molar-refractivity contribution is 5.94. The van der Waals surface area contributed by atoms with E-state index in [0.717, 1.165) is 37.8 Å². The van der Waals surface area contributed by atoms with Crippen molar-refractivity contribution in [2.24, 2.45) is 5.92 Å². The molecule has 32 heavy (non-hydrogen) atoms. The quantitative estimate of drug-likeness (QED) is 0.593.